The van der Waals surface area contributed by atoms with Gasteiger partial charge in [0.1, 0.15) is 5.69 Å². The Balaban J connectivity index is 1.89. The number of hydrogen-bond donors (Lipinski definition) is 1. The van der Waals surface area contributed by atoms with E-state index in [2.05, 4.69) is 5.10 Å². The van der Waals surface area contributed by atoms with E-state index >= 15 is 0 Å². The Morgan fingerprint density at radius 2 is 1.96 bits per heavy atom. The molecule has 1 aliphatic heterocycles. The van der Waals surface area contributed by atoms with Crippen LogP contribution >= 0.6 is 0 Å². The van der Waals surface area contributed by atoms with Crippen LogP contribution in [0.1, 0.15) is 24.5 Å². The van der Waals surface area contributed by atoms with Gasteiger partial charge in [0.05, 0.1) is 4.92 Å². The molecule has 1 aromatic carbocycles. The minimum Gasteiger partial charge on any atom is -0.366 e. The predicted molar refractivity (Wildman–Crippen MR) is 91.9 cm³/mol. The molecule has 1 saturated heterocycles. The number of aromatic nitrogens is 2. The van der Waals surface area contributed by atoms with Gasteiger partial charge in [-0.1, -0.05) is 6.07 Å². The van der Waals surface area contributed by atoms with Crippen molar-refractivity contribution in [3.05, 3.63) is 46.3 Å². The van der Waals surface area contributed by atoms with Gasteiger partial charge in [-0.25, -0.2) is 13.6 Å². The number of para-hydroxylation sites is 1. The van der Waals surface area contributed by atoms with Crippen LogP contribution in [0.5, 0.6) is 0 Å². The highest BCUT2D eigenvalue weighted by molar-refractivity contribution is 7.89. The smallest absolute Gasteiger partial charge is 0.312 e. The van der Waals surface area contributed by atoms with Crippen LogP contribution in [0.4, 0.5) is 11.4 Å². The maximum Gasteiger partial charge on any atom is 0.312 e. The van der Waals surface area contributed by atoms with E-state index < -0.39 is 25.5 Å². The van der Waals surface area contributed by atoms with Gasteiger partial charge in [0.15, 0.2) is 4.90 Å². The second-order valence-corrected chi connectivity index (χ2v) is 7.60. The number of piperidine rings is 1. The molecule has 9 nitrogen and oxygen atoms in total. The summed E-state index contributed by atoms with van der Waals surface area (Å²) in [7, 11) is -2.28. The number of primary sulfonamides is 1. The molecule has 2 heterocycles. The molecule has 0 aliphatic carbocycles. The largest absolute Gasteiger partial charge is 0.366 e. The van der Waals surface area contributed by atoms with Crippen LogP contribution in [0, 0.1) is 10.1 Å². The lowest BCUT2D eigenvalue weighted by molar-refractivity contribution is -0.387. The zero-order valence-electron chi connectivity index (χ0n) is 13.7. The summed E-state index contributed by atoms with van der Waals surface area (Å²) in [4.78, 5) is 12.2. The van der Waals surface area contributed by atoms with Gasteiger partial charge in [-0.05, 0) is 31.0 Å². The SMILES string of the molecule is Cn1nccc1C1CCN(c2cccc(S(N)(=O)=O)c2[N+](=O)[O-])CC1. The molecule has 0 unspecified atom stereocenters. The number of nitro benzene ring substituents is 1. The third-order valence-electron chi connectivity index (χ3n) is 4.58. The molecule has 2 aromatic rings. The average molecular weight is 365 g/mol. The van der Waals surface area contributed by atoms with Crippen LogP contribution in [0.2, 0.25) is 0 Å². The number of rotatable bonds is 4. The van der Waals surface area contributed by atoms with Crippen LogP contribution in [-0.2, 0) is 17.1 Å². The number of anilines is 1. The van der Waals surface area contributed by atoms with E-state index in [4.69, 9.17) is 5.14 Å². The minimum atomic E-state index is -4.17. The number of nitrogens with two attached hydrogens (primary N) is 1. The number of sulfonamides is 1. The molecule has 25 heavy (non-hydrogen) atoms. The lowest BCUT2D eigenvalue weighted by atomic mass is 9.93. The van der Waals surface area contributed by atoms with Gasteiger partial charge in [0.25, 0.3) is 0 Å². The van der Waals surface area contributed by atoms with Gasteiger partial charge in [-0.2, -0.15) is 5.10 Å². The quantitative estimate of drug-likeness (QED) is 0.644. The van der Waals surface area contributed by atoms with E-state index in [0.29, 0.717) is 24.7 Å². The third kappa shape index (κ3) is 3.35. The highest BCUT2D eigenvalue weighted by Crippen LogP contribution is 2.37. The van der Waals surface area contributed by atoms with E-state index in [-0.39, 0.29) is 0 Å². The molecule has 0 amide bonds. The maximum absolute atomic E-state index is 11.7. The van der Waals surface area contributed by atoms with E-state index in [0.717, 1.165) is 18.5 Å². The summed E-state index contributed by atoms with van der Waals surface area (Å²) in [5.74, 6) is 0.323. The highest BCUT2D eigenvalue weighted by atomic mass is 32.2. The number of aryl methyl sites for hydroxylation is 1. The van der Waals surface area contributed by atoms with Crippen molar-refractivity contribution >= 4 is 21.4 Å². The topological polar surface area (TPSA) is 124 Å². The van der Waals surface area contributed by atoms with E-state index in [1.54, 1.807) is 12.3 Å². The van der Waals surface area contributed by atoms with Crippen molar-refractivity contribution in [2.45, 2.75) is 23.7 Å². The lowest BCUT2D eigenvalue weighted by Gasteiger charge is -2.33. The van der Waals surface area contributed by atoms with Crippen molar-refractivity contribution < 1.29 is 13.3 Å². The van der Waals surface area contributed by atoms with Crippen molar-refractivity contribution in [3.63, 3.8) is 0 Å². The summed E-state index contributed by atoms with van der Waals surface area (Å²) >= 11 is 0. The molecule has 1 aliphatic rings. The van der Waals surface area contributed by atoms with E-state index in [9.17, 15) is 18.5 Å². The number of nitrogens with zero attached hydrogens (tertiary/aromatic N) is 4. The summed E-state index contributed by atoms with van der Waals surface area (Å²) in [5.41, 5.74) is 0.969. The first-order chi connectivity index (χ1) is 11.8. The summed E-state index contributed by atoms with van der Waals surface area (Å²) in [6, 6.07) is 6.19. The number of nitro groups is 1. The predicted octanol–water partition coefficient (Wildman–Crippen LogP) is 1.36. The molecule has 1 fully saturated rings. The normalized spacial score (nSPS) is 16.2. The molecule has 0 spiro atoms. The lowest BCUT2D eigenvalue weighted by Crippen LogP contribution is -2.34. The Labute approximate surface area is 145 Å². The summed E-state index contributed by atoms with van der Waals surface area (Å²) < 4.78 is 25.2. The third-order valence-corrected chi connectivity index (χ3v) is 5.52. The number of benzene rings is 1. The van der Waals surface area contributed by atoms with Gasteiger partial charge in [0.2, 0.25) is 10.0 Å². The first-order valence-corrected chi connectivity index (χ1v) is 9.36. The molecule has 1 aromatic heterocycles. The molecule has 0 atom stereocenters. The number of hydrogen-bond acceptors (Lipinski definition) is 6. The van der Waals surface area contributed by atoms with Gasteiger partial charge in [-0.15, -0.1) is 0 Å². The molecule has 3 rings (SSSR count). The Hall–Kier alpha value is -2.46. The van der Waals surface area contributed by atoms with Crippen LogP contribution < -0.4 is 10.0 Å². The molecule has 10 heteroatoms. The van der Waals surface area contributed by atoms with Gasteiger partial charge in [0, 0.05) is 37.9 Å². The Morgan fingerprint density at radius 1 is 1.28 bits per heavy atom. The van der Waals surface area contributed by atoms with Crippen molar-refractivity contribution in [1.29, 1.82) is 0 Å². The average Bonchev–Trinajstić information content (AvgIpc) is 2.99. The second kappa shape index (κ2) is 6.45. The highest BCUT2D eigenvalue weighted by Gasteiger charge is 2.31. The summed E-state index contributed by atoms with van der Waals surface area (Å²) in [6.45, 7) is 1.18. The first kappa shape index (κ1) is 17.4. The second-order valence-electron chi connectivity index (χ2n) is 6.07. The van der Waals surface area contributed by atoms with Crippen LogP contribution in [0.25, 0.3) is 0 Å². The van der Waals surface area contributed by atoms with Gasteiger partial charge >= 0.3 is 5.69 Å². The van der Waals surface area contributed by atoms with Crippen molar-refractivity contribution in [2.75, 3.05) is 18.0 Å². The van der Waals surface area contributed by atoms with Crippen molar-refractivity contribution in [2.24, 2.45) is 12.2 Å². The van der Waals surface area contributed by atoms with Crippen LogP contribution in [0.15, 0.2) is 35.4 Å². The summed E-state index contributed by atoms with van der Waals surface area (Å²) in [6.07, 6.45) is 3.36. The first-order valence-electron chi connectivity index (χ1n) is 7.82. The zero-order valence-corrected chi connectivity index (χ0v) is 14.5. The Bertz CT molecular complexity index is 900. The van der Waals surface area contributed by atoms with Gasteiger partial charge in [-0.3, -0.25) is 14.8 Å². The Morgan fingerprint density at radius 3 is 2.48 bits per heavy atom. The maximum atomic E-state index is 11.7. The zero-order chi connectivity index (χ0) is 18.2. The molecular weight excluding hydrogens is 346 g/mol. The van der Waals surface area contributed by atoms with E-state index in [1.165, 1.54) is 12.1 Å². The van der Waals surface area contributed by atoms with Crippen molar-refractivity contribution in [1.82, 2.24) is 9.78 Å². The standard InChI is InChI=1S/C15H19N5O4S/c1-18-12(5-8-17-18)11-6-9-19(10-7-11)13-3-2-4-14(25(16,23)24)15(13)20(21)22/h2-5,8,11H,6-7,9-10H2,1H3,(H2,16,23,24). The van der Waals surface area contributed by atoms with E-state index in [1.807, 2.05) is 22.7 Å². The minimum absolute atomic E-state index is 0.292. The van der Waals surface area contributed by atoms with Gasteiger partial charge < -0.3 is 4.90 Å². The van der Waals surface area contributed by atoms with Crippen molar-refractivity contribution in [3.8, 4) is 0 Å². The molecule has 0 bridgehead atoms. The molecule has 0 saturated carbocycles. The molecule has 0 radical (unpaired) electrons. The Kier molecular flexibility index (Phi) is 4.48. The molecular formula is C15H19N5O4S. The fraction of sp³-hybridized carbons (Fsp3) is 0.400. The fourth-order valence-electron chi connectivity index (χ4n) is 3.38. The van der Waals surface area contributed by atoms with Crippen LogP contribution in [-0.4, -0.2) is 36.2 Å². The molecule has 134 valence electrons. The molecule has 2 N–H and O–H groups in total. The van der Waals surface area contributed by atoms with Crippen LogP contribution in [0.3, 0.4) is 0 Å². The fourth-order valence-corrected chi connectivity index (χ4v) is 4.10. The summed E-state index contributed by atoms with van der Waals surface area (Å²) in [5, 5.41) is 20.8. The monoisotopic (exact) mass is 365 g/mol.